The second-order valence-electron chi connectivity index (χ2n) is 8.81. The van der Waals surface area contributed by atoms with Gasteiger partial charge in [-0.3, -0.25) is 19.4 Å². The summed E-state index contributed by atoms with van der Waals surface area (Å²) in [7, 11) is 3.65. The predicted molar refractivity (Wildman–Crippen MR) is 130 cm³/mol. The number of hydrogen-bond acceptors (Lipinski definition) is 6. The van der Waals surface area contributed by atoms with Gasteiger partial charge in [0.25, 0.3) is 5.91 Å². The van der Waals surface area contributed by atoms with Gasteiger partial charge < -0.3 is 10.4 Å². The average molecular weight is 481 g/mol. The Bertz CT molecular complexity index is 1230. The first-order valence-corrected chi connectivity index (χ1v) is 12.0. The Hall–Kier alpha value is -3.30. The zero-order valence-corrected chi connectivity index (χ0v) is 20.3. The summed E-state index contributed by atoms with van der Waals surface area (Å²) in [6, 6.07) is 13.1. The second kappa shape index (κ2) is 9.52. The molecule has 2 amide bonds. The van der Waals surface area contributed by atoms with Crippen LogP contribution in [0, 0.1) is 5.41 Å². The second-order valence-corrected chi connectivity index (χ2v) is 9.93. The summed E-state index contributed by atoms with van der Waals surface area (Å²) >= 11 is 1.41. The number of benzene rings is 2. The van der Waals surface area contributed by atoms with Crippen LogP contribution < -0.4 is 5.32 Å². The highest BCUT2D eigenvalue weighted by molar-refractivity contribution is 7.18. The lowest BCUT2D eigenvalue weighted by Crippen LogP contribution is -2.43. The number of carboxylic acids is 1. The van der Waals surface area contributed by atoms with Crippen LogP contribution in [-0.4, -0.2) is 58.5 Å². The molecule has 0 atom stereocenters. The SMILES string of the molecule is CCN(C(=O)c1ccc2nc(CNC(=O)C3(CC(=O)O)Cc4ccccc4C3)sc2c1)N(C)C. The molecule has 0 bridgehead atoms. The van der Waals surface area contributed by atoms with Crippen LogP contribution in [0.15, 0.2) is 42.5 Å². The van der Waals surface area contributed by atoms with Crippen LogP contribution in [0.4, 0.5) is 0 Å². The summed E-state index contributed by atoms with van der Waals surface area (Å²) in [5.74, 6) is -1.35. The van der Waals surface area contributed by atoms with E-state index in [0.29, 0.717) is 30.0 Å². The highest BCUT2D eigenvalue weighted by atomic mass is 32.1. The largest absolute Gasteiger partial charge is 0.481 e. The summed E-state index contributed by atoms with van der Waals surface area (Å²) in [4.78, 5) is 42.2. The average Bonchev–Trinajstić information content (AvgIpc) is 3.37. The van der Waals surface area contributed by atoms with E-state index in [2.05, 4.69) is 10.3 Å². The molecular formula is C25H28N4O4S. The van der Waals surface area contributed by atoms with Crippen LogP contribution in [0.5, 0.6) is 0 Å². The van der Waals surface area contributed by atoms with Gasteiger partial charge in [0.2, 0.25) is 5.91 Å². The number of hydrazine groups is 1. The molecule has 0 fully saturated rings. The molecule has 1 aliphatic carbocycles. The van der Waals surface area contributed by atoms with Gasteiger partial charge in [-0.25, -0.2) is 9.99 Å². The van der Waals surface area contributed by atoms with Crippen LogP contribution >= 0.6 is 11.3 Å². The molecule has 1 heterocycles. The van der Waals surface area contributed by atoms with E-state index in [1.165, 1.54) is 11.3 Å². The van der Waals surface area contributed by atoms with Crippen molar-refractivity contribution < 1.29 is 19.5 Å². The van der Waals surface area contributed by atoms with Crippen molar-refractivity contribution in [2.24, 2.45) is 5.41 Å². The maximum Gasteiger partial charge on any atom is 0.304 e. The van der Waals surface area contributed by atoms with Gasteiger partial charge in [-0.15, -0.1) is 11.3 Å². The van der Waals surface area contributed by atoms with Crippen molar-refractivity contribution in [2.75, 3.05) is 20.6 Å². The fourth-order valence-electron chi connectivity index (χ4n) is 4.63. The molecule has 2 N–H and O–H groups in total. The van der Waals surface area contributed by atoms with Crippen molar-refractivity contribution in [3.63, 3.8) is 0 Å². The number of thiazole rings is 1. The number of carbonyl (C=O) groups is 3. The third kappa shape index (κ3) is 4.67. The summed E-state index contributed by atoms with van der Waals surface area (Å²) in [6.45, 7) is 2.69. The number of carboxylic acid groups (broad SMARTS) is 1. The smallest absolute Gasteiger partial charge is 0.304 e. The maximum atomic E-state index is 13.2. The lowest BCUT2D eigenvalue weighted by molar-refractivity contribution is -0.145. The summed E-state index contributed by atoms with van der Waals surface area (Å²) in [5, 5.41) is 16.5. The van der Waals surface area contributed by atoms with E-state index in [1.54, 1.807) is 16.1 Å². The van der Waals surface area contributed by atoms with Crippen molar-refractivity contribution in [1.82, 2.24) is 20.3 Å². The van der Waals surface area contributed by atoms with Crippen molar-refractivity contribution in [3.05, 3.63) is 64.2 Å². The highest BCUT2D eigenvalue weighted by Crippen LogP contribution is 2.40. The van der Waals surface area contributed by atoms with E-state index in [-0.39, 0.29) is 24.8 Å². The van der Waals surface area contributed by atoms with Crippen molar-refractivity contribution in [2.45, 2.75) is 32.7 Å². The van der Waals surface area contributed by atoms with Gasteiger partial charge in [0.05, 0.1) is 28.6 Å². The number of nitrogens with one attached hydrogen (secondary N) is 1. The predicted octanol–water partition coefficient (Wildman–Crippen LogP) is 3.11. The third-order valence-electron chi connectivity index (χ3n) is 6.24. The normalized spacial score (nSPS) is 14.2. The minimum absolute atomic E-state index is 0.0888. The molecule has 0 aliphatic heterocycles. The zero-order valence-electron chi connectivity index (χ0n) is 19.5. The Morgan fingerprint density at radius 3 is 2.38 bits per heavy atom. The van der Waals surface area contributed by atoms with E-state index < -0.39 is 11.4 Å². The standard InChI is InChI=1S/C25H28N4O4S/c1-4-29(28(2)3)23(32)16-9-10-19-20(11-16)34-21(27-19)15-26-24(33)25(14-22(30)31)12-17-7-5-6-8-18(17)13-25/h5-11H,4,12-15H2,1-3H3,(H,26,33)(H,30,31). The summed E-state index contributed by atoms with van der Waals surface area (Å²) < 4.78 is 0.860. The lowest BCUT2D eigenvalue weighted by Gasteiger charge is -2.27. The number of hydrogen-bond donors (Lipinski definition) is 2. The van der Waals surface area contributed by atoms with Gasteiger partial charge in [0.15, 0.2) is 0 Å². The number of aliphatic carboxylic acids is 1. The molecule has 0 saturated heterocycles. The van der Waals surface area contributed by atoms with E-state index in [0.717, 1.165) is 21.3 Å². The van der Waals surface area contributed by atoms with Crippen LogP contribution in [0.1, 0.15) is 39.8 Å². The van der Waals surface area contributed by atoms with Gasteiger partial charge in [-0.2, -0.15) is 0 Å². The molecule has 0 saturated carbocycles. The topological polar surface area (TPSA) is 103 Å². The fraction of sp³-hybridized carbons (Fsp3) is 0.360. The van der Waals surface area contributed by atoms with Crippen LogP contribution in [0.2, 0.25) is 0 Å². The lowest BCUT2D eigenvalue weighted by atomic mass is 9.80. The first kappa shape index (κ1) is 23.8. The Balaban J connectivity index is 1.50. The number of rotatable bonds is 8. The molecule has 34 heavy (non-hydrogen) atoms. The van der Waals surface area contributed by atoms with E-state index in [4.69, 9.17) is 0 Å². The van der Waals surface area contributed by atoms with Crippen molar-refractivity contribution in [3.8, 4) is 0 Å². The van der Waals surface area contributed by atoms with E-state index >= 15 is 0 Å². The number of amides is 2. The fourth-order valence-corrected chi connectivity index (χ4v) is 5.58. The van der Waals surface area contributed by atoms with E-state index in [1.807, 2.05) is 57.4 Å². The molecule has 1 aliphatic rings. The molecule has 178 valence electrons. The molecule has 0 unspecified atom stereocenters. The maximum absolute atomic E-state index is 13.2. The van der Waals surface area contributed by atoms with Gasteiger partial charge in [-0.05, 0) is 49.1 Å². The summed E-state index contributed by atoms with van der Waals surface area (Å²) in [5.41, 5.74) is 2.38. The Kier molecular flexibility index (Phi) is 6.67. The van der Waals surface area contributed by atoms with Crippen molar-refractivity contribution >= 4 is 39.3 Å². The molecule has 9 heteroatoms. The molecule has 2 aromatic carbocycles. The van der Waals surface area contributed by atoms with Crippen LogP contribution in [0.3, 0.4) is 0 Å². The van der Waals surface area contributed by atoms with Crippen LogP contribution in [-0.2, 0) is 29.0 Å². The summed E-state index contributed by atoms with van der Waals surface area (Å²) in [6.07, 6.45) is 0.595. The Morgan fingerprint density at radius 1 is 1.12 bits per heavy atom. The minimum Gasteiger partial charge on any atom is -0.481 e. The minimum atomic E-state index is -0.998. The first-order valence-electron chi connectivity index (χ1n) is 11.2. The Labute approximate surface area is 202 Å². The quantitative estimate of drug-likeness (QED) is 0.480. The van der Waals surface area contributed by atoms with Gasteiger partial charge >= 0.3 is 5.97 Å². The third-order valence-corrected chi connectivity index (χ3v) is 7.26. The molecule has 8 nitrogen and oxygen atoms in total. The molecule has 3 aromatic rings. The number of aromatic nitrogens is 1. The zero-order chi connectivity index (χ0) is 24.5. The van der Waals surface area contributed by atoms with Gasteiger partial charge in [-0.1, -0.05) is 24.3 Å². The molecular weight excluding hydrogens is 452 g/mol. The first-order chi connectivity index (χ1) is 16.2. The Morgan fingerprint density at radius 2 is 1.79 bits per heavy atom. The molecule has 0 spiro atoms. The molecule has 0 radical (unpaired) electrons. The number of fused-ring (bicyclic) bond motifs is 2. The molecule has 1 aromatic heterocycles. The highest BCUT2D eigenvalue weighted by Gasteiger charge is 2.45. The van der Waals surface area contributed by atoms with Crippen molar-refractivity contribution in [1.29, 1.82) is 0 Å². The van der Waals surface area contributed by atoms with E-state index in [9.17, 15) is 19.5 Å². The van der Waals surface area contributed by atoms with Gasteiger partial charge in [0, 0.05) is 26.2 Å². The number of carbonyl (C=O) groups excluding carboxylic acids is 2. The number of nitrogens with zero attached hydrogens (tertiary/aromatic N) is 3. The monoisotopic (exact) mass is 480 g/mol. The van der Waals surface area contributed by atoms with Crippen LogP contribution in [0.25, 0.3) is 10.2 Å². The molecule has 4 rings (SSSR count). The van der Waals surface area contributed by atoms with Gasteiger partial charge in [0.1, 0.15) is 5.01 Å².